The highest BCUT2D eigenvalue weighted by Gasteiger charge is 2.37. The van der Waals surface area contributed by atoms with Crippen LogP contribution in [0.15, 0.2) is 5.11 Å². The van der Waals surface area contributed by atoms with Crippen LogP contribution in [0.1, 0.15) is 0 Å². The van der Waals surface area contributed by atoms with Gasteiger partial charge < -0.3 is 10.4 Å². The molecule has 0 bridgehead atoms. The number of nitrogens with zero attached hydrogens (tertiary/aromatic N) is 3. The Bertz CT molecular complexity index is 195. The van der Waals surface area contributed by atoms with Gasteiger partial charge >= 0.3 is 0 Å². The van der Waals surface area contributed by atoms with Crippen LogP contribution in [0.25, 0.3) is 10.4 Å². The Labute approximate surface area is 56.5 Å². The van der Waals surface area contributed by atoms with Crippen LogP contribution in [-0.2, 0) is 4.79 Å². The minimum Gasteiger partial charge on any atom is -0.394 e. The van der Waals surface area contributed by atoms with E-state index in [-0.39, 0.29) is 18.6 Å². The molecule has 6 nitrogen and oxygen atoms in total. The molecule has 54 valence electrons. The summed E-state index contributed by atoms with van der Waals surface area (Å²) >= 11 is 0. The highest BCUT2D eigenvalue weighted by molar-refractivity contribution is 5.89. The molecule has 1 saturated heterocycles. The lowest BCUT2D eigenvalue weighted by Gasteiger charge is -2.31. The largest absolute Gasteiger partial charge is 0.394 e. The predicted molar refractivity (Wildman–Crippen MR) is 32.0 cm³/mol. The molecule has 2 N–H and O–H groups in total. The number of azide groups is 1. The van der Waals surface area contributed by atoms with E-state index in [9.17, 15) is 4.79 Å². The van der Waals surface area contributed by atoms with E-state index in [1.807, 2.05) is 0 Å². The third-order valence-corrected chi connectivity index (χ3v) is 1.35. The number of amides is 1. The van der Waals surface area contributed by atoms with E-state index in [2.05, 4.69) is 15.3 Å². The Morgan fingerprint density at radius 2 is 2.60 bits per heavy atom. The fraction of sp³-hybridized carbons (Fsp3) is 0.750. The Morgan fingerprint density at radius 3 is 3.00 bits per heavy atom. The van der Waals surface area contributed by atoms with Gasteiger partial charge in [0.1, 0.15) is 6.04 Å². The normalized spacial score (nSPS) is 29.9. The number of β-lactam (4-membered cyclic amide) rings is 1. The van der Waals surface area contributed by atoms with Crippen LogP contribution in [0.5, 0.6) is 0 Å². The van der Waals surface area contributed by atoms with Gasteiger partial charge in [-0.2, -0.15) is 0 Å². The molecule has 0 saturated carbocycles. The van der Waals surface area contributed by atoms with Gasteiger partial charge in [-0.05, 0) is 5.53 Å². The van der Waals surface area contributed by atoms with Gasteiger partial charge in [0.25, 0.3) is 0 Å². The fourth-order valence-electron chi connectivity index (χ4n) is 0.768. The van der Waals surface area contributed by atoms with Crippen LogP contribution in [0.4, 0.5) is 0 Å². The third kappa shape index (κ3) is 0.896. The van der Waals surface area contributed by atoms with Crippen molar-refractivity contribution in [3.63, 3.8) is 0 Å². The van der Waals surface area contributed by atoms with E-state index < -0.39 is 6.04 Å². The van der Waals surface area contributed by atoms with Gasteiger partial charge in [0, 0.05) is 4.91 Å². The number of aliphatic hydroxyl groups is 1. The molecule has 0 spiro atoms. The molecule has 0 aromatic carbocycles. The SMILES string of the molecule is [N-]=[N+]=N[C@H]1C(=O)N[C@H]1CO. The van der Waals surface area contributed by atoms with Crippen molar-refractivity contribution >= 4 is 5.91 Å². The number of hydrogen-bond donors (Lipinski definition) is 2. The smallest absolute Gasteiger partial charge is 0.231 e. The Balaban J connectivity index is 2.55. The number of aliphatic hydroxyl groups excluding tert-OH is 1. The zero-order valence-electron chi connectivity index (χ0n) is 5.06. The summed E-state index contributed by atoms with van der Waals surface area (Å²) in [5, 5.41) is 14.0. The molecule has 0 unspecified atom stereocenters. The lowest BCUT2D eigenvalue weighted by Crippen LogP contribution is -2.62. The molecule has 1 aliphatic heterocycles. The summed E-state index contributed by atoms with van der Waals surface area (Å²) in [6, 6.07) is -1.10. The van der Waals surface area contributed by atoms with Crippen molar-refractivity contribution in [3.8, 4) is 0 Å². The van der Waals surface area contributed by atoms with E-state index in [1.165, 1.54) is 0 Å². The van der Waals surface area contributed by atoms with Crippen molar-refractivity contribution < 1.29 is 9.90 Å². The maximum Gasteiger partial charge on any atom is 0.231 e. The van der Waals surface area contributed by atoms with E-state index in [0.717, 1.165) is 0 Å². The number of nitrogens with one attached hydrogen (secondary N) is 1. The summed E-state index contributed by atoms with van der Waals surface area (Å²) in [5.74, 6) is -0.322. The molecule has 6 heteroatoms. The van der Waals surface area contributed by atoms with Crippen LogP contribution in [0, 0.1) is 0 Å². The minimum absolute atomic E-state index is 0.185. The van der Waals surface area contributed by atoms with Crippen molar-refractivity contribution in [2.24, 2.45) is 5.11 Å². The van der Waals surface area contributed by atoms with Gasteiger partial charge in [-0.3, -0.25) is 4.79 Å². The quantitative estimate of drug-likeness (QED) is 0.227. The first-order chi connectivity index (χ1) is 4.79. The second-order valence-electron chi connectivity index (χ2n) is 1.95. The first-order valence-electron chi connectivity index (χ1n) is 2.75. The molecule has 0 radical (unpaired) electrons. The lowest BCUT2D eigenvalue weighted by atomic mass is 10.0. The summed E-state index contributed by atoms with van der Waals surface area (Å²) in [6.07, 6.45) is 0. The number of hydrogen-bond acceptors (Lipinski definition) is 3. The molecule has 1 heterocycles. The van der Waals surface area contributed by atoms with Crippen molar-refractivity contribution in [2.45, 2.75) is 12.1 Å². The molecule has 0 aromatic heterocycles. The van der Waals surface area contributed by atoms with Crippen LogP contribution < -0.4 is 5.32 Å². The van der Waals surface area contributed by atoms with E-state index in [4.69, 9.17) is 10.6 Å². The van der Waals surface area contributed by atoms with Crippen molar-refractivity contribution in [1.82, 2.24) is 5.32 Å². The van der Waals surface area contributed by atoms with Crippen LogP contribution in [-0.4, -0.2) is 29.7 Å². The average molecular weight is 142 g/mol. The molecule has 1 fully saturated rings. The average Bonchev–Trinajstić information content (AvgIpc) is 1.95. The summed E-state index contributed by atoms with van der Waals surface area (Å²) in [5.41, 5.74) is 7.93. The zero-order chi connectivity index (χ0) is 7.56. The van der Waals surface area contributed by atoms with Crippen LogP contribution >= 0.6 is 0 Å². The molecular weight excluding hydrogens is 136 g/mol. The lowest BCUT2D eigenvalue weighted by molar-refractivity contribution is -0.131. The number of carbonyl (C=O) groups excluding carboxylic acids is 1. The Morgan fingerprint density at radius 1 is 1.90 bits per heavy atom. The second kappa shape index (κ2) is 2.55. The van der Waals surface area contributed by atoms with Crippen molar-refractivity contribution in [3.05, 3.63) is 10.4 Å². The van der Waals surface area contributed by atoms with E-state index >= 15 is 0 Å². The summed E-state index contributed by atoms with van der Waals surface area (Å²) < 4.78 is 0. The Hall–Kier alpha value is -1.26. The second-order valence-corrected chi connectivity index (χ2v) is 1.95. The highest BCUT2D eigenvalue weighted by Crippen LogP contribution is 2.09. The first kappa shape index (κ1) is 6.85. The van der Waals surface area contributed by atoms with E-state index in [0.29, 0.717) is 0 Å². The maximum atomic E-state index is 10.5. The van der Waals surface area contributed by atoms with E-state index in [1.54, 1.807) is 0 Å². The molecule has 1 rings (SSSR count). The Kier molecular flexibility index (Phi) is 1.75. The van der Waals surface area contributed by atoms with Crippen molar-refractivity contribution in [2.75, 3.05) is 6.61 Å². The van der Waals surface area contributed by atoms with Gasteiger partial charge in [0.2, 0.25) is 5.91 Å². The molecule has 2 atom stereocenters. The minimum atomic E-state index is -0.713. The maximum absolute atomic E-state index is 10.5. The van der Waals surface area contributed by atoms with Crippen molar-refractivity contribution in [1.29, 1.82) is 0 Å². The van der Waals surface area contributed by atoms with Gasteiger partial charge in [-0.25, -0.2) is 0 Å². The monoisotopic (exact) mass is 142 g/mol. The van der Waals surface area contributed by atoms with Gasteiger partial charge in [0.15, 0.2) is 0 Å². The highest BCUT2D eigenvalue weighted by atomic mass is 16.3. The van der Waals surface area contributed by atoms with Gasteiger partial charge in [-0.15, -0.1) is 0 Å². The van der Waals surface area contributed by atoms with Gasteiger partial charge in [-0.1, -0.05) is 5.11 Å². The predicted octanol–water partition coefficient (Wildman–Crippen LogP) is -0.844. The number of carbonyl (C=O) groups is 1. The zero-order valence-corrected chi connectivity index (χ0v) is 5.06. The van der Waals surface area contributed by atoms with Crippen LogP contribution in [0.2, 0.25) is 0 Å². The first-order valence-corrected chi connectivity index (χ1v) is 2.75. The summed E-state index contributed by atoms with van der Waals surface area (Å²) in [6.45, 7) is -0.185. The molecule has 0 aliphatic carbocycles. The molecule has 1 amide bonds. The third-order valence-electron chi connectivity index (χ3n) is 1.35. The molecule has 0 aromatic rings. The molecular formula is C4H6N4O2. The topological polar surface area (TPSA) is 98.1 Å². The molecule has 1 aliphatic rings. The van der Waals surface area contributed by atoms with Gasteiger partial charge in [0.05, 0.1) is 12.6 Å². The summed E-state index contributed by atoms with van der Waals surface area (Å²) in [7, 11) is 0. The standard InChI is InChI=1S/C4H6N4O2/c5-8-7-3-2(1-9)6-4(3)10/h2-3,9H,1H2,(H,6,10)/t2-,3+/m0/s1. The fourth-order valence-corrected chi connectivity index (χ4v) is 0.768. The summed E-state index contributed by atoms with van der Waals surface area (Å²) in [4.78, 5) is 13.0. The molecule has 10 heavy (non-hydrogen) atoms. The number of rotatable bonds is 2. The van der Waals surface area contributed by atoms with Crippen LogP contribution in [0.3, 0.4) is 0 Å².